The topological polar surface area (TPSA) is 109 Å². The van der Waals surface area contributed by atoms with Gasteiger partial charge in [0, 0.05) is 12.1 Å². The molecule has 0 radical (unpaired) electrons. The number of allylic oxidation sites excluding steroid dienone is 2. The van der Waals surface area contributed by atoms with Gasteiger partial charge in [-0.1, -0.05) is 42.5 Å². The normalized spacial score (nSPS) is 19.5. The molecule has 1 aliphatic heterocycles. The SMILES string of the molecule is O=C(NCc1ccccc1Cn1cncn1)c1cccc(N2NC(=O)C3CC=CCC3C2=O)c1. The van der Waals surface area contributed by atoms with Crippen LogP contribution < -0.4 is 15.8 Å². The average molecular weight is 457 g/mol. The first-order chi connectivity index (χ1) is 16.6. The molecule has 172 valence electrons. The standard InChI is InChI=1S/C25H24N6O3/c32-23(27-13-18-6-1-2-7-19(18)14-30-16-26-15-28-30)17-8-5-9-20(12-17)31-25(34)22-11-4-3-10-21(22)24(33)29-31/h1-9,12,15-16,21-22H,10-11,13-14H2,(H,27,32)(H,29,33). The Kier molecular flexibility index (Phi) is 5.90. The summed E-state index contributed by atoms with van der Waals surface area (Å²) in [6.07, 6.45) is 8.13. The summed E-state index contributed by atoms with van der Waals surface area (Å²) in [5.41, 5.74) is 5.56. The van der Waals surface area contributed by atoms with Crippen LogP contribution in [0.1, 0.15) is 34.3 Å². The highest BCUT2D eigenvalue weighted by Crippen LogP contribution is 2.32. The van der Waals surface area contributed by atoms with E-state index in [-0.39, 0.29) is 29.6 Å². The molecule has 0 spiro atoms. The zero-order valence-corrected chi connectivity index (χ0v) is 18.4. The number of hydrogen-bond donors (Lipinski definition) is 2. The predicted octanol–water partition coefficient (Wildman–Crippen LogP) is 2.22. The summed E-state index contributed by atoms with van der Waals surface area (Å²) >= 11 is 0. The number of hydrazine groups is 1. The molecule has 2 N–H and O–H groups in total. The van der Waals surface area contributed by atoms with Crippen LogP contribution in [0.2, 0.25) is 0 Å². The Labute approximate surface area is 196 Å². The number of carbonyl (C=O) groups excluding carboxylic acids is 3. The molecule has 34 heavy (non-hydrogen) atoms. The number of nitrogens with zero attached hydrogens (tertiary/aromatic N) is 4. The molecule has 9 nitrogen and oxygen atoms in total. The van der Waals surface area contributed by atoms with Crippen LogP contribution >= 0.6 is 0 Å². The van der Waals surface area contributed by atoms with Crippen molar-refractivity contribution in [2.75, 3.05) is 5.01 Å². The Balaban J connectivity index is 1.29. The summed E-state index contributed by atoms with van der Waals surface area (Å²) < 4.78 is 1.72. The molecule has 2 aliphatic rings. The van der Waals surface area contributed by atoms with Gasteiger partial charge >= 0.3 is 0 Å². The Morgan fingerprint density at radius 3 is 2.62 bits per heavy atom. The second-order valence-electron chi connectivity index (χ2n) is 8.40. The second-order valence-corrected chi connectivity index (χ2v) is 8.40. The molecule has 0 bridgehead atoms. The van der Waals surface area contributed by atoms with E-state index in [4.69, 9.17) is 0 Å². The maximum Gasteiger partial charge on any atom is 0.251 e. The zero-order valence-electron chi connectivity index (χ0n) is 18.4. The number of aromatic nitrogens is 3. The van der Waals surface area contributed by atoms with E-state index >= 15 is 0 Å². The molecule has 2 atom stereocenters. The first-order valence-corrected chi connectivity index (χ1v) is 11.2. The van der Waals surface area contributed by atoms with Gasteiger partial charge in [-0.3, -0.25) is 19.8 Å². The van der Waals surface area contributed by atoms with E-state index in [0.29, 0.717) is 37.2 Å². The third-order valence-corrected chi connectivity index (χ3v) is 6.25. The first kappa shape index (κ1) is 21.6. The molecule has 5 rings (SSSR count). The van der Waals surface area contributed by atoms with Crippen molar-refractivity contribution in [3.63, 3.8) is 0 Å². The van der Waals surface area contributed by atoms with Crippen molar-refractivity contribution in [2.24, 2.45) is 11.8 Å². The number of hydrogen-bond acceptors (Lipinski definition) is 5. The zero-order chi connectivity index (χ0) is 23.5. The third kappa shape index (κ3) is 4.32. The van der Waals surface area contributed by atoms with Crippen LogP contribution in [0.3, 0.4) is 0 Å². The lowest BCUT2D eigenvalue weighted by Crippen LogP contribution is -2.59. The Hall–Kier alpha value is -4.27. The van der Waals surface area contributed by atoms with Crippen LogP contribution in [0.5, 0.6) is 0 Å². The number of nitrogens with one attached hydrogen (secondary N) is 2. The summed E-state index contributed by atoms with van der Waals surface area (Å²) in [5.74, 6) is -1.32. The molecule has 1 aromatic heterocycles. The van der Waals surface area contributed by atoms with Gasteiger partial charge < -0.3 is 5.32 Å². The predicted molar refractivity (Wildman–Crippen MR) is 124 cm³/mol. The van der Waals surface area contributed by atoms with Crippen molar-refractivity contribution >= 4 is 23.4 Å². The van der Waals surface area contributed by atoms with Crippen molar-refractivity contribution in [1.82, 2.24) is 25.5 Å². The minimum atomic E-state index is -0.377. The maximum atomic E-state index is 13.0. The lowest BCUT2D eigenvalue weighted by atomic mass is 9.80. The molecule has 3 amide bonds. The molecule has 1 aliphatic carbocycles. The van der Waals surface area contributed by atoms with E-state index in [1.54, 1.807) is 35.3 Å². The van der Waals surface area contributed by atoms with Gasteiger partial charge in [0.25, 0.3) is 5.91 Å². The number of benzene rings is 2. The van der Waals surface area contributed by atoms with Crippen LogP contribution in [0.25, 0.3) is 0 Å². The average Bonchev–Trinajstić information content (AvgIpc) is 3.39. The minimum Gasteiger partial charge on any atom is -0.348 e. The first-order valence-electron chi connectivity index (χ1n) is 11.2. The van der Waals surface area contributed by atoms with E-state index < -0.39 is 0 Å². The van der Waals surface area contributed by atoms with Crippen LogP contribution in [-0.4, -0.2) is 32.5 Å². The lowest BCUT2D eigenvalue weighted by molar-refractivity contribution is -0.139. The Morgan fingerprint density at radius 2 is 1.82 bits per heavy atom. The van der Waals surface area contributed by atoms with Crippen LogP contribution in [0.4, 0.5) is 5.69 Å². The largest absolute Gasteiger partial charge is 0.348 e. The molecular formula is C25H24N6O3. The number of amides is 3. The fraction of sp³-hybridized carbons (Fsp3) is 0.240. The van der Waals surface area contributed by atoms with Gasteiger partial charge in [0.1, 0.15) is 12.7 Å². The molecule has 2 unspecified atom stereocenters. The number of carbonyl (C=O) groups is 3. The van der Waals surface area contributed by atoms with Crippen LogP contribution in [0, 0.1) is 11.8 Å². The summed E-state index contributed by atoms with van der Waals surface area (Å²) in [5, 5.41) is 8.36. The van der Waals surface area contributed by atoms with Gasteiger partial charge in [0.05, 0.1) is 24.1 Å². The van der Waals surface area contributed by atoms with Crippen LogP contribution in [0.15, 0.2) is 73.3 Å². The number of anilines is 1. The van der Waals surface area contributed by atoms with Crippen LogP contribution in [-0.2, 0) is 22.7 Å². The summed E-state index contributed by atoms with van der Waals surface area (Å²) in [6, 6.07) is 14.5. The molecule has 2 heterocycles. The molecule has 9 heteroatoms. The van der Waals surface area contributed by atoms with E-state index in [2.05, 4.69) is 20.8 Å². The van der Waals surface area contributed by atoms with Gasteiger partial charge in [-0.25, -0.2) is 14.7 Å². The minimum absolute atomic E-state index is 0.159. The molecule has 1 saturated heterocycles. The fourth-order valence-corrected chi connectivity index (χ4v) is 4.42. The summed E-state index contributed by atoms with van der Waals surface area (Å²) in [6.45, 7) is 0.888. The molecule has 3 aromatic rings. The van der Waals surface area contributed by atoms with E-state index in [9.17, 15) is 14.4 Å². The summed E-state index contributed by atoms with van der Waals surface area (Å²) in [7, 11) is 0. The smallest absolute Gasteiger partial charge is 0.251 e. The van der Waals surface area contributed by atoms with Crippen molar-refractivity contribution in [3.8, 4) is 0 Å². The maximum absolute atomic E-state index is 13.0. The van der Waals surface area contributed by atoms with E-state index in [1.807, 2.05) is 36.4 Å². The van der Waals surface area contributed by atoms with Gasteiger partial charge in [-0.2, -0.15) is 5.10 Å². The Morgan fingerprint density at radius 1 is 1.03 bits per heavy atom. The second kappa shape index (κ2) is 9.30. The number of fused-ring (bicyclic) bond motifs is 1. The molecule has 1 fully saturated rings. The van der Waals surface area contributed by atoms with Crippen molar-refractivity contribution in [3.05, 3.63) is 90.0 Å². The fourth-order valence-electron chi connectivity index (χ4n) is 4.42. The monoisotopic (exact) mass is 456 g/mol. The Bertz CT molecular complexity index is 1250. The highest BCUT2D eigenvalue weighted by molar-refractivity contribution is 6.05. The van der Waals surface area contributed by atoms with Crippen molar-refractivity contribution in [1.29, 1.82) is 0 Å². The van der Waals surface area contributed by atoms with Gasteiger partial charge in [0.2, 0.25) is 11.8 Å². The molecule has 2 aromatic carbocycles. The van der Waals surface area contributed by atoms with Gasteiger partial charge in [-0.15, -0.1) is 0 Å². The van der Waals surface area contributed by atoms with E-state index in [1.165, 1.54) is 11.3 Å². The molecular weight excluding hydrogens is 432 g/mol. The molecule has 0 saturated carbocycles. The highest BCUT2D eigenvalue weighted by Gasteiger charge is 2.42. The lowest BCUT2D eigenvalue weighted by Gasteiger charge is -2.38. The quantitative estimate of drug-likeness (QED) is 0.553. The summed E-state index contributed by atoms with van der Waals surface area (Å²) in [4.78, 5) is 42.5. The van der Waals surface area contributed by atoms with Crippen molar-refractivity contribution < 1.29 is 14.4 Å². The highest BCUT2D eigenvalue weighted by atomic mass is 16.2. The third-order valence-electron chi connectivity index (χ3n) is 6.25. The number of rotatable bonds is 6. The van der Waals surface area contributed by atoms with Gasteiger partial charge in [-0.05, 0) is 42.2 Å². The van der Waals surface area contributed by atoms with Gasteiger partial charge in [0.15, 0.2) is 0 Å². The van der Waals surface area contributed by atoms with Crippen molar-refractivity contribution in [2.45, 2.75) is 25.9 Å². The van der Waals surface area contributed by atoms with E-state index in [0.717, 1.165) is 11.1 Å².